The van der Waals surface area contributed by atoms with Crippen molar-refractivity contribution in [1.29, 1.82) is 0 Å². The van der Waals surface area contributed by atoms with Crippen LogP contribution < -0.4 is 0 Å². The van der Waals surface area contributed by atoms with Crippen LogP contribution in [0.3, 0.4) is 0 Å². The Hall–Kier alpha value is -0.900. The van der Waals surface area contributed by atoms with Crippen molar-refractivity contribution >= 4 is 11.7 Å². The Morgan fingerprint density at radius 1 is 1.46 bits per heavy atom. The number of amides is 1. The highest BCUT2D eigenvalue weighted by atomic mass is 16.3. The molecule has 0 spiro atoms. The lowest BCUT2D eigenvalue weighted by molar-refractivity contribution is -0.132. The van der Waals surface area contributed by atoms with Crippen molar-refractivity contribution in [3.8, 4) is 0 Å². The smallest absolute Gasteiger partial charge is 0.223 e. The Kier molecular flexibility index (Phi) is 3.42. The first-order chi connectivity index (χ1) is 6.09. The number of rotatable bonds is 3. The lowest BCUT2D eigenvalue weighted by atomic mass is 10.2. The van der Waals surface area contributed by atoms with Crippen molar-refractivity contribution in [1.82, 2.24) is 4.90 Å². The zero-order valence-corrected chi connectivity index (χ0v) is 7.82. The van der Waals surface area contributed by atoms with E-state index in [-0.39, 0.29) is 24.2 Å². The first-order valence-electron chi connectivity index (χ1n) is 4.55. The van der Waals surface area contributed by atoms with E-state index in [4.69, 9.17) is 5.11 Å². The van der Waals surface area contributed by atoms with Gasteiger partial charge in [0.25, 0.3) is 0 Å². The molecule has 1 atom stereocenters. The summed E-state index contributed by atoms with van der Waals surface area (Å²) in [5.74, 6) is 0.0137. The first kappa shape index (κ1) is 10.2. The van der Waals surface area contributed by atoms with Gasteiger partial charge in [-0.25, -0.2) is 0 Å². The summed E-state index contributed by atoms with van der Waals surface area (Å²) in [5.41, 5.74) is 0. The van der Waals surface area contributed by atoms with Crippen LogP contribution in [0, 0.1) is 0 Å². The third-order valence-electron chi connectivity index (χ3n) is 2.21. The highest BCUT2D eigenvalue weighted by Gasteiger charge is 2.23. The molecule has 0 aromatic rings. The predicted octanol–water partition coefficient (Wildman–Crippen LogP) is -0.0512. The molecule has 0 aliphatic carbocycles. The fourth-order valence-corrected chi connectivity index (χ4v) is 1.41. The Labute approximate surface area is 77.5 Å². The average Bonchev–Trinajstić information content (AvgIpc) is 2.47. The Morgan fingerprint density at radius 2 is 2.15 bits per heavy atom. The number of ketones is 1. The van der Waals surface area contributed by atoms with Crippen LogP contribution >= 0.6 is 0 Å². The summed E-state index contributed by atoms with van der Waals surface area (Å²) in [7, 11) is 0. The minimum absolute atomic E-state index is 0.0215. The van der Waals surface area contributed by atoms with E-state index < -0.39 is 0 Å². The molecule has 1 amide bonds. The summed E-state index contributed by atoms with van der Waals surface area (Å²) in [6.07, 6.45) is 0.875. The third-order valence-corrected chi connectivity index (χ3v) is 2.21. The lowest BCUT2D eigenvalue weighted by Gasteiger charge is -2.14. The summed E-state index contributed by atoms with van der Waals surface area (Å²) in [4.78, 5) is 23.6. The predicted molar refractivity (Wildman–Crippen MR) is 47.1 cm³/mol. The van der Waals surface area contributed by atoms with Gasteiger partial charge in [-0.15, -0.1) is 0 Å². The van der Waals surface area contributed by atoms with Gasteiger partial charge >= 0.3 is 0 Å². The zero-order valence-electron chi connectivity index (χ0n) is 7.82. The topological polar surface area (TPSA) is 57.6 Å². The van der Waals surface area contributed by atoms with Gasteiger partial charge in [0.2, 0.25) is 5.91 Å². The third kappa shape index (κ3) is 3.14. The molecule has 0 aromatic heterocycles. The molecule has 4 heteroatoms. The molecule has 0 bridgehead atoms. The monoisotopic (exact) mass is 185 g/mol. The van der Waals surface area contributed by atoms with E-state index >= 15 is 0 Å². The molecule has 74 valence electrons. The van der Waals surface area contributed by atoms with Gasteiger partial charge in [0.05, 0.1) is 6.10 Å². The number of aliphatic hydroxyl groups excluding tert-OH is 1. The number of nitrogens with zero attached hydrogens (tertiary/aromatic N) is 1. The maximum Gasteiger partial charge on any atom is 0.223 e. The zero-order chi connectivity index (χ0) is 9.84. The molecule has 1 heterocycles. The van der Waals surface area contributed by atoms with Crippen LogP contribution in [0.5, 0.6) is 0 Å². The van der Waals surface area contributed by atoms with Crippen LogP contribution in [-0.4, -0.2) is 40.9 Å². The summed E-state index contributed by atoms with van der Waals surface area (Å²) in [6, 6.07) is 0. The van der Waals surface area contributed by atoms with Gasteiger partial charge in [0, 0.05) is 25.9 Å². The fourth-order valence-electron chi connectivity index (χ4n) is 1.41. The van der Waals surface area contributed by atoms with Crippen molar-refractivity contribution < 1.29 is 14.7 Å². The number of hydrogen-bond donors (Lipinski definition) is 1. The van der Waals surface area contributed by atoms with E-state index in [1.165, 1.54) is 6.92 Å². The molecule has 1 saturated heterocycles. The fraction of sp³-hybridized carbons (Fsp3) is 0.778. The molecular weight excluding hydrogens is 170 g/mol. The molecule has 0 saturated carbocycles. The second-order valence-electron chi connectivity index (χ2n) is 3.48. The normalized spacial score (nSPS) is 22.0. The second kappa shape index (κ2) is 4.37. The Bertz CT molecular complexity index is 215. The van der Waals surface area contributed by atoms with Gasteiger partial charge in [-0.05, 0) is 13.3 Å². The SMILES string of the molecule is CC(=O)CCC(=O)N1CC[C@H](O)C1. The van der Waals surface area contributed by atoms with Crippen LogP contribution in [0.15, 0.2) is 0 Å². The number of aliphatic hydroxyl groups is 1. The number of Topliss-reactive ketones (excluding diaryl/α,β-unsaturated/α-hetero) is 1. The molecular formula is C9H15NO3. The van der Waals surface area contributed by atoms with Crippen LogP contribution in [-0.2, 0) is 9.59 Å². The van der Waals surface area contributed by atoms with Crippen LogP contribution in [0.25, 0.3) is 0 Å². The molecule has 1 N–H and O–H groups in total. The molecule has 4 nitrogen and oxygen atoms in total. The number of carbonyl (C=O) groups excluding carboxylic acids is 2. The van der Waals surface area contributed by atoms with E-state index in [0.717, 1.165) is 0 Å². The molecule has 13 heavy (non-hydrogen) atoms. The van der Waals surface area contributed by atoms with Crippen molar-refractivity contribution in [3.05, 3.63) is 0 Å². The van der Waals surface area contributed by atoms with Gasteiger partial charge in [-0.3, -0.25) is 4.79 Å². The maximum absolute atomic E-state index is 11.4. The molecule has 1 fully saturated rings. The van der Waals surface area contributed by atoms with E-state index in [2.05, 4.69) is 0 Å². The van der Waals surface area contributed by atoms with Gasteiger partial charge in [-0.1, -0.05) is 0 Å². The Morgan fingerprint density at radius 3 is 2.62 bits per heavy atom. The molecule has 0 unspecified atom stereocenters. The van der Waals surface area contributed by atoms with Crippen LogP contribution in [0.2, 0.25) is 0 Å². The van der Waals surface area contributed by atoms with Gasteiger partial charge in [-0.2, -0.15) is 0 Å². The quantitative estimate of drug-likeness (QED) is 0.670. The molecule has 1 rings (SSSR count). The van der Waals surface area contributed by atoms with Gasteiger partial charge in [0.15, 0.2) is 0 Å². The molecule has 1 aliphatic rings. The van der Waals surface area contributed by atoms with Crippen molar-refractivity contribution in [2.45, 2.75) is 32.3 Å². The maximum atomic E-state index is 11.4. The first-order valence-corrected chi connectivity index (χ1v) is 4.55. The lowest BCUT2D eigenvalue weighted by Crippen LogP contribution is -2.29. The number of hydrogen-bond acceptors (Lipinski definition) is 3. The molecule has 1 aliphatic heterocycles. The van der Waals surface area contributed by atoms with E-state index in [1.54, 1.807) is 4.90 Å². The molecule has 0 aromatic carbocycles. The van der Waals surface area contributed by atoms with E-state index in [1.807, 2.05) is 0 Å². The summed E-state index contributed by atoms with van der Waals surface area (Å²) < 4.78 is 0. The summed E-state index contributed by atoms with van der Waals surface area (Å²) in [5, 5.41) is 9.17. The highest BCUT2D eigenvalue weighted by Crippen LogP contribution is 2.10. The minimum atomic E-state index is -0.374. The summed E-state index contributed by atoms with van der Waals surface area (Å²) >= 11 is 0. The largest absolute Gasteiger partial charge is 0.391 e. The highest BCUT2D eigenvalue weighted by molar-refractivity contribution is 5.83. The second-order valence-corrected chi connectivity index (χ2v) is 3.48. The Balaban J connectivity index is 2.27. The van der Waals surface area contributed by atoms with E-state index in [0.29, 0.717) is 25.9 Å². The average molecular weight is 185 g/mol. The van der Waals surface area contributed by atoms with Crippen molar-refractivity contribution in [2.75, 3.05) is 13.1 Å². The van der Waals surface area contributed by atoms with Crippen LogP contribution in [0.4, 0.5) is 0 Å². The summed E-state index contributed by atoms with van der Waals surface area (Å²) in [6.45, 7) is 2.53. The number of carbonyl (C=O) groups is 2. The minimum Gasteiger partial charge on any atom is -0.391 e. The van der Waals surface area contributed by atoms with Gasteiger partial charge < -0.3 is 14.8 Å². The van der Waals surface area contributed by atoms with Crippen molar-refractivity contribution in [2.24, 2.45) is 0 Å². The van der Waals surface area contributed by atoms with Crippen LogP contribution in [0.1, 0.15) is 26.2 Å². The number of β-amino-alcohol motifs (C(OH)–C–C–N with tert-alkyl or cyclic N) is 1. The van der Waals surface area contributed by atoms with Crippen molar-refractivity contribution in [3.63, 3.8) is 0 Å². The van der Waals surface area contributed by atoms with Gasteiger partial charge in [0.1, 0.15) is 5.78 Å². The number of likely N-dealkylation sites (tertiary alicyclic amines) is 1. The van der Waals surface area contributed by atoms with E-state index in [9.17, 15) is 9.59 Å². The standard InChI is InChI=1S/C9H15NO3/c1-7(11)2-3-9(13)10-5-4-8(12)6-10/h8,12H,2-6H2,1H3/t8-/m0/s1. The molecule has 0 radical (unpaired) electrons.